The van der Waals surface area contributed by atoms with Gasteiger partial charge in [0.2, 0.25) is 0 Å². The molecule has 2 saturated heterocycles. The van der Waals surface area contributed by atoms with Gasteiger partial charge in [-0.05, 0) is 37.0 Å². The summed E-state index contributed by atoms with van der Waals surface area (Å²) in [6.07, 6.45) is 1.64. The number of halogens is 2. The molecule has 33 heavy (non-hydrogen) atoms. The van der Waals surface area contributed by atoms with Gasteiger partial charge < -0.3 is 9.84 Å². The third kappa shape index (κ3) is 2.53. The van der Waals surface area contributed by atoms with Gasteiger partial charge in [0.25, 0.3) is 23.6 Å². The number of imide groups is 2. The molecule has 11 heteroatoms. The minimum Gasteiger partial charge on any atom is -0.508 e. The maximum atomic E-state index is 13.4. The lowest BCUT2D eigenvalue weighted by atomic mass is 9.56. The number of aromatic hydroxyl groups is 1. The van der Waals surface area contributed by atoms with Crippen LogP contribution >= 0.6 is 23.2 Å². The van der Waals surface area contributed by atoms with Crippen LogP contribution < -0.4 is 4.74 Å². The minimum atomic E-state index is -2.00. The number of hydrogen-bond acceptors (Lipinski definition) is 7. The van der Waals surface area contributed by atoms with E-state index in [0.717, 1.165) is 4.90 Å². The zero-order valence-electron chi connectivity index (χ0n) is 17.6. The second-order valence-corrected chi connectivity index (χ2v) is 10.2. The predicted molar refractivity (Wildman–Crippen MR) is 114 cm³/mol. The van der Waals surface area contributed by atoms with Crippen LogP contribution in [0.4, 0.5) is 0 Å². The summed E-state index contributed by atoms with van der Waals surface area (Å²) in [5.74, 6) is -6.43. The zero-order valence-corrected chi connectivity index (χ0v) is 19.1. The van der Waals surface area contributed by atoms with E-state index in [-0.39, 0.29) is 29.2 Å². The number of rotatable bonds is 2. The van der Waals surface area contributed by atoms with Crippen LogP contribution in [0.15, 0.2) is 29.8 Å². The number of nitrogens with zero attached hydrogens (tertiary/aromatic N) is 2. The molecule has 0 aromatic heterocycles. The van der Waals surface area contributed by atoms with E-state index in [1.54, 1.807) is 6.08 Å². The standard InChI is InChI=1S/C22H20Cl2N2O7/c1-25-19(30)21(23)8-13-10(4-5-11-15(13)18(29)26(32)17(11)28)16(22(21,24)20(25)31)12-7-9(33-2)3-6-14(12)27/h3-4,6-7,11,13,15-16,27,32H,5,8H2,1-2H3/t11-,13+,15-,16+,21+,22-/m0/s1. The SMILES string of the molecule is COc1ccc(O)c([C@H]2C3=CC[C@@H]4C(=O)N(O)C(=O)[C@@H]4[C@@H]3C[C@@]3(Cl)C(=O)N(C)C(=O)[C@@]23Cl)c1. The van der Waals surface area contributed by atoms with Crippen LogP contribution in [0.3, 0.4) is 0 Å². The molecule has 4 aliphatic rings. The highest BCUT2D eigenvalue weighted by Gasteiger charge is 2.76. The number of likely N-dealkylation sites (tertiary alicyclic amines) is 1. The topological polar surface area (TPSA) is 124 Å². The Morgan fingerprint density at radius 1 is 1.09 bits per heavy atom. The number of carbonyl (C=O) groups excluding carboxylic acids is 4. The van der Waals surface area contributed by atoms with E-state index in [2.05, 4.69) is 0 Å². The Morgan fingerprint density at radius 2 is 1.79 bits per heavy atom. The molecular weight excluding hydrogens is 475 g/mol. The van der Waals surface area contributed by atoms with E-state index in [1.807, 2.05) is 0 Å². The summed E-state index contributed by atoms with van der Waals surface area (Å²) in [7, 11) is 2.71. The summed E-state index contributed by atoms with van der Waals surface area (Å²) in [5.41, 5.74) is 0.719. The zero-order chi connectivity index (χ0) is 24.0. The number of phenols is 1. The number of phenolic OH excluding ortho intramolecular Hbond substituents is 1. The first-order valence-electron chi connectivity index (χ1n) is 10.3. The van der Waals surface area contributed by atoms with Gasteiger partial charge in [-0.2, -0.15) is 5.06 Å². The fourth-order valence-corrected chi connectivity index (χ4v) is 6.97. The van der Waals surface area contributed by atoms with Gasteiger partial charge in [0.1, 0.15) is 11.5 Å². The highest BCUT2D eigenvalue weighted by molar-refractivity contribution is 6.53. The van der Waals surface area contributed by atoms with E-state index in [9.17, 15) is 29.5 Å². The van der Waals surface area contributed by atoms with Crippen molar-refractivity contribution in [3.8, 4) is 11.5 Å². The minimum absolute atomic E-state index is 0.112. The van der Waals surface area contributed by atoms with E-state index in [0.29, 0.717) is 11.3 Å². The molecule has 2 N–H and O–H groups in total. The quantitative estimate of drug-likeness (QED) is 0.277. The number of ether oxygens (including phenoxy) is 1. The lowest BCUT2D eigenvalue weighted by Gasteiger charge is -2.50. The summed E-state index contributed by atoms with van der Waals surface area (Å²) in [6, 6.07) is 4.41. The average Bonchev–Trinajstić information content (AvgIpc) is 3.09. The average molecular weight is 495 g/mol. The number of amides is 4. The molecule has 3 fully saturated rings. The Balaban J connectivity index is 1.78. The molecule has 5 rings (SSSR count). The van der Waals surface area contributed by atoms with E-state index in [1.165, 1.54) is 32.4 Å². The van der Waals surface area contributed by atoms with Gasteiger partial charge in [-0.1, -0.05) is 11.6 Å². The Kier molecular flexibility index (Phi) is 4.67. The predicted octanol–water partition coefficient (Wildman–Crippen LogP) is 1.78. The Labute approximate surface area is 198 Å². The van der Waals surface area contributed by atoms with Crippen molar-refractivity contribution in [3.05, 3.63) is 35.4 Å². The highest BCUT2D eigenvalue weighted by atomic mass is 35.5. The van der Waals surface area contributed by atoms with Gasteiger partial charge in [-0.25, -0.2) is 0 Å². The molecule has 0 unspecified atom stereocenters. The van der Waals surface area contributed by atoms with Crippen molar-refractivity contribution in [1.29, 1.82) is 0 Å². The first-order valence-corrected chi connectivity index (χ1v) is 11.1. The Morgan fingerprint density at radius 3 is 2.45 bits per heavy atom. The molecule has 1 aromatic carbocycles. The number of hydrogen-bond donors (Lipinski definition) is 2. The second kappa shape index (κ2) is 6.94. The molecule has 9 nitrogen and oxygen atoms in total. The molecule has 2 heterocycles. The fourth-order valence-electron chi connectivity index (χ4n) is 5.96. The molecule has 1 aromatic rings. The van der Waals surface area contributed by atoms with E-state index in [4.69, 9.17) is 27.9 Å². The van der Waals surface area contributed by atoms with Crippen molar-refractivity contribution >= 4 is 46.8 Å². The number of hydroxylamine groups is 2. The van der Waals surface area contributed by atoms with Crippen LogP contribution in [0.5, 0.6) is 11.5 Å². The van der Waals surface area contributed by atoms with Gasteiger partial charge in [0.15, 0.2) is 9.75 Å². The molecule has 0 radical (unpaired) electrons. The molecule has 2 aliphatic carbocycles. The maximum absolute atomic E-state index is 13.4. The van der Waals surface area contributed by atoms with Crippen LogP contribution in [-0.4, -0.2) is 67.8 Å². The first kappa shape index (κ1) is 22.2. The van der Waals surface area contributed by atoms with Crippen molar-refractivity contribution in [3.63, 3.8) is 0 Å². The molecule has 0 bridgehead atoms. The molecule has 1 saturated carbocycles. The second-order valence-electron chi connectivity index (χ2n) is 8.91. The van der Waals surface area contributed by atoms with Gasteiger partial charge >= 0.3 is 0 Å². The van der Waals surface area contributed by atoms with Crippen LogP contribution in [0.2, 0.25) is 0 Å². The van der Waals surface area contributed by atoms with E-state index >= 15 is 0 Å². The van der Waals surface area contributed by atoms with Crippen molar-refractivity contribution in [2.24, 2.45) is 17.8 Å². The van der Waals surface area contributed by atoms with Gasteiger partial charge in [0, 0.05) is 18.5 Å². The number of methoxy groups -OCH3 is 1. The van der Waals surface area contributed by atoms with Crippen molar-refractivity contribution in [1.82, 2.24) is 9.96 Å². The third-order valence-corrected chi connectivity index (χ3v) is 8.95. The summed E-state index contributed by atoms with van der Waals surface area (Å²) in [4.78, 5) is 48.8. The Hall–Kier alpha value is -2.62. The monoisotopic (exact) mass is 494 g/mol. The summed E-state index contributed by atoms with van der Waals surface area (Å²) >= 11 is 13.9. The highest BCUT2D eigenvalue weighted by Crippen LogP contribution is 2.66. The number of alkyl halides is 2. The summed E-state index contributed by atoms with van der Waals surface area (Å²) in [5, 5.41) is 20.9. The van der Waals surface area contributed by atoms with Gasteiger partial charge in [-0.15, -0.1) is 23.2 Å². The molecule has 2 aliphatic heterocycles. The first-order chi connectivity index (χ1) is 15.5. The lowest BCUT2D eigenvalue weighted by Crippen LogP contribution is -2.60. The lowest BCUT2D eigenvalue weighted by molar-refractivity contribution is -0.173. The molecule has 6 atom stereocenters. The smallest absolute Gasteiger partial charge is 0.257 e. The van der Waals surface area contributed by atoms with Crippen molar-refractivity contribution in [2.45, 2.75) is 28.5 Å². The number of carbonyl (C=O) groups is 4. The number of fused-ring (bicyclic) bond motifs is 4. The van der Waals surface area contributed by atoms with Crippen LogP contribution in [0.25, 0.3) is 0 Å². The molecule has 4 amide bonds. The van der Waals surface area contributed by atoms with Crippen molar-refractivity contribution < 1.29 is 34.2 Å². The third-order valence-electron chi connectivity index (χ3n) is 7.54. The van der Waals surface area contributed by atoms with Crippen LogP contribution in [0, 0.1) is 17.8 Å². The summed E-state index contributed by atoms with van der Waals surface area (Å²) < 4.78 is 5.28. The Bertz CT molecular complexity index is 1170. The number of allylic oxidation sites excluding steroid dienone is 2. The van der Waals surface area contributed by atoms with Crippen LogP contribution in [0.1, 0.15) is 24.3 Å². The maximum Gasteiger partial charge on any atom is 0.257 e. The largest absolute Gasteiger partial charge is 0.508 e. The van der Waals surface area contributed by atoms with Crippen molar-refractivity contribution in [2.75, 3.05) is 14.2 Å². The molecular formula is C22H20Cl2N2O7. The summed E-state index contributed by atoms with van der Waals surface area (Å²) in [6.45, 7) is 0. The van der Waals surface area contributed by atoms with E-state index < -0.39 is 57.0 Å². The fraction of sp³-hybridized carbons (Fsp3) is 0.455. The molecule has 0 spiro atoms. The van der Waals surface area contributed by atoms with Gasteiger partial charge in [0.05, 0.1) is 18.9 Å². The molecule has 174 valence electrons. The van der Waals surface area contributed by atoms with Gasteiger partial charge in [-0.3, -0.25) is 29.3 Å². The normalized spacial score (nSPS) is 37.7. The van der Waals surface area contributed by atoms with Crippen LogP contribution in [-0.2, 0) is 19.2 Å². The number of benzene rings is 1.